The highest BCUT2D eigenvalue weighted by molar-refractivity contribution is 7.85. The van der Waals surface area contributed by atoms with Crippen LogP contribution in [0, 0.1) is 0 Å². The van der Waals surface area contributed by atoms with E-state index in [0.717, 1.165) is 38.5 Å². The summed E-state index contributed by atoms with van der Waals surface area (Å²) >= 11 is 0. The van der Waals surface area contributed by atoms with Crippen molar-refractivity contribution in [3.63, 3.8) is 0 Å². The molecule has 1 fully saturated rings. The first-order valence-electron chi connectivity index (χ1n) is 26.7. The van der Waals surface area contributed by atoms with E-state index in [1.165, 1.54) is 173 Å². The maximum atomic E-state index is 12.9. The van der Waals surface area contributed by atoms with Gasteiger partial charge in [-0.15, -0.1) is 0 Å². The number of unbranched alkanes of at least 4 members (excludes halogenated alkanes) is 32. The number of hydrogen-bond acceptors (Lipinski definition) is 11. The molecular formula is C52H98O12S. The molecule has 0 amide bonds. The molecule has 6 atom stereocenters. The lowest BCUT2D eigenvalue weighted by atomic mass is 10.00. The molecule has 1 heterocycles. The van der Waals surface area contributed by atoms with Gasteiger partial charge in [0.1, 0.15) is 36.8 Å². The zero-order valence-electron chi connectivity index (χ0n) is 41.4. The molecule has 1 saturated heterocycles. The molecule has 0 aromatic carbocycles. The summed E-state index contributed by atoms with van der Waals surface area (Å²) in [5.41, 5.74) is 0. The van der Waals surface area contributed by atoms with Gasteiger partial charge in [-0.25, -0.2) is 0 Å². The predicted molar refractivity (Wildman–Crippen MR) is 261 cm³/mol. The van der Waals surface area contributed by atoms with Gasteiger partial charge >= 0.3 is 11.9 Å². The fourth-order valence-corrected chi connectivity index (χ4v) is 9.13. The Morgan fingerprint density at radius 2 is 0.877 bits per heavy atom. The van der Waals surface area contributed by atoms with Crippen LogP contribution in [0.15, 0.2) is 12.2 Å². The number of carbonyl (C=O) groups is 2. The van der Waals surface area contributed by atoms with Crippen LogP contribution >= 0.6 is 0 Å². The quantitative estimate of drug-likeness (QED) is 0.0196. The molecule has 12 nitrogen and oxygen atoms in total. The highest BCUT2D eigenvalue weighted by Gasteiger charge is 2.46. The van der Waals surface area contributed by atoms with Crippen LogP contribution in [0.1, 0.15) is 251 Å². The van der Waals surface area contributed by atoms with Crippen LogP contribution in [0.3, 0.4) is 0 Å². The van der Waals surface area contributed by atoms with E-state index in [-0.39, 0.29) is 19.4 Å². The third-order valence-electron chi connectivity index (χ3n) is 12.6. The number of aliphatic hydroxyl groups is 3. The SMILES string of the molecule is CCCCCCCC/C=C/CCCCCCCCCCCC(=O)O[C@H](COC(=O)CCCCCCCCCCCCCCCCCCCC)CO[C@H]1O[C@H](CS(=O)(=O)O)[C@@H](O)C(O)C1O. The average molecular weight is 947 g/mol. The number of allylic oxidation sites excluding steroid dienone is 2. The van der Waals surface area contributed by atoms with Crippen molar-refractivity contribution in [3.05, 3.63) is 12.2 Å². The van der Waals surface area contributed by atoms with Crippen molar-refractivity contribution in [2.75, 3.05) is 19.0 Å². The predicted octanol–water partition coefficient (Wildman–Crippen LogP) is 12.2. The molecule has 4 N–H and O–H groups in total. The summed E-state index contributed by atoms with van der Waals surface area (Å²) in [5.74, 6) is -1.97. The molecule has 0 spiro atoms. The number of aliphatic hydroxyl groups excluding tert-OH is 3. The molecule has 1 aliphatic heterocycles. The Kier molecular flexibility index (Phi) is 40.1. The number of ether oxygens (including phenoxy) is 4. The van der Waals surface area contributed by atoms with E-state index in [0.29, 0.717) is 12.8 Å². The Morgan fingerprint density at radius 1 is 0.508 bits per heavy atom. The third-order valence-corrected chi connectivity index (χ3v) is 13.3. The van der Waals surface area contributed by atoms with Crippen LogP contribution in [0.2, 0.25) is 0 Å². The minimum atomic E-state index is -4.60. The number of esters is 2. The molecule has 0 aromatic heterocycles. The highest BCUT2D eigenvalue weighted by atomic mass is 32.2. The van der Waals surface area contributed by atoms with Crippen LogP contribution < -0.4 is 0 Å². The molecule has 0 aromatic rings. The Morgan fingerprint density at radius 3 is 1.28 bits per heavy atom. The Hall–Kier alpha value is -1.61. The average Bonchev–Trinajstić information content (AvgIpc) is 3.27. The molecular weight excluding hydrogens is 849 g/mol. The highest BCUT2D eigenvalue weighted by Crippen LogP contribution is 2.24. The van der Waals surface area contributed by atoms with Crippen LogP contribution in [-0.2, 0) is 38.7 Å². The van der Waals surface area contributed by atoms with Gasteiger partial charge in [-0.3, -0.25) is 14.1 Å². The molecule has 0 saturated carbocycles. The molecule has 0 bridgehead atoms. The van der Waals surface area contributed by atoms with Crippen molar-refractivity contribution in [1.82, 2.24) is 0 Å². The van der Waals surface area contributed by atoms with Crippen LogP contribution in [-0.4, -0.2) is 96.0 Å². The first-order valence-corrected chi connectivity index (χ1v) is 28.4. The lowest BCUT2D eigenvalue weighted by Gasteiger charge is -2.40. The number of hydrogen-bond donors (Lipinski definition) is 4. The Balaban J connectivity index is 2.35. The minimum absolute atomic E-state index is 0.167. The number of rotatable bonds is 46. The van der Waals surface area contributed by atoms with E-state index in [1.54, 1.807) is 0 Å². The molecule has 384 valence electrons. The Bertz CT molecular complexity index is 1250. The Labute approximate surface area is 396 Å². The summed E-state index contributed by atoms with van der Waals surface area (Å²) in [4.78, 5) is 25.5. The largest absolute Gasteiger partial charge is 0.462 e. The molecule has 1 rings (SSSR count). The van der Waals surface area contributed by atoms with Crippen molar-refractivity contribution in [3.8, 4) is 0 Å². The van der Waals surface area contributed by atoms with Crippen molar-refractivity contribution < 1.29 is 56.8 Å². The van der Waals surface area contributed by atoms with E-state index < -0.39 is 71.2 Å². The van der Waals surface area contributed by atoms with Crippen molar-refractivity contribution in [2.24, 2.45) is 0 Å². The van der Waals surface area contributed by atoms with Gasteiger partial charge in [0.15, 0.2) is 12.4 Å². The van der Waals surface area contributed by atoms with Gasteiger partial charge in [0.25, 0.3) is 10.1 Å². The maximum absolute atomic E-state index is 12.9. The molecule has 1 aliphatic rings. The summed E-state index contributed by atoms with van der Waals surface area (Å²) in [5, 5.41) is 31.0. The van der Waals surface area contributed by atoms with Gasteiger partial charge in [0.2, 0.25) is 0 Å². The summed E-state index contributed by atoms with van der Waals surface area (Å²) in [7, 11) is -4.60. The van der Waals surface area contributed by atoms with Gasteiger partial charge in [-0.2, -0.15) is 8.42 Å². The summed E-state index contributed by atoms with van der Waals surface area (Å²) in [6, 6.07) is 0. The van der Waals surface area contributed by atoms with Gasteiger partial charge in [-0.05, 0) is 38.5 Å². The summed E-state index contributed by atoms with van der Waals surface area (Å²) in [6.45, 7) is 3.80. The smallest absolute Gasteiger partial charge is 0.306 e. The monoisotopic (exact) mass is 947 g/mol. The summed E-state index contributed by atoms with van der Waals surface area (Å²) < 4.78 is 54.3. The second-order valence-electron chi connectivity index (χ2n) is 18.9. The van der Waals surface area contributed by atoms with Crippen LogP contribution in [0.5, 0.6) is 0 Å². The van der Waals surface area contributed by atoms with E-state index in [1.807, 2.05) is 0 Å². The topological polar surface area (TPSA) is 186 Å². The normalized spacial score (nSPS) is 19.5. The van der Waals surface area contributed by atoms with Gasteiger partial charge in [-0.1, -0.05) is 212 Å². The van der Waals surface area contributed by atoms with E-state index in [4.69, 9.17) is 18.9 Å². The zero-order valence-corrected chi connectivity index (χ0v) is 42.2. The first kappa shape index (κ1) is 61.4. The minimum Gasteiger partial charge on any atom is -0.462 e. The zero-order chi connectivity index (χ0) is 47.6. The third kappa shape index (κ3) is 37.0. The van der Waals surface area contributed by atoms with Crippen molar-refractivity contribution >= 4 is 22.1 Å². The van der Waals surface area contributed by atoms with Gasteiger partial charge < -0.3 is 34.3 Å². The fourth-order valence-electron chi connectivity index (χ4n) is 8.44. The van der Waals surface area contributed by atoms with E-state index >= 15 is 0 Å². The summed E-state index contributed by atoms with van der Waals surface area (Å²) in [6.07, 6.45) is 38.2. The molecule has 0 radical (unpaired) electrons. The van der Waals surface area contributed by atoms with Crippen molar-refractivity contribution in [2.45, 2.75) is 288 Å². The second-order valence-corrected chi connectivity index (χ2v) is 20.4. The van der Waals surface area contributed by atoms with Crippen LogP contribution in [0.4, 0.5) is 0 Å². The van der Waals surface area contributed by atoms with Gasteiger partial charge in [0, 0.05) is 12.8 Å². The first-order chi connectivity index (χ1) is 31.5. The fraction of sp³-hybridized carbons (Fsp3) is 0.923. The van der Waals surface area contributed by atoms with E-state index in [9.17, 15) is 37.9 Å². The number of carbonyl (C=O) groups excluding carboxylic acids is 2. The van der Waals surface area contributed by atoms with Gasteiger partial charge in [0.05, 0.1) is 6.61 Å². The second kappa shape index (κ2) is 42.5. The standard InChI is InChI=1S/C52H98O12S/c1-3-5-7-9-11-13-15-17-19-21-23-25-27-29-31-33-35-37-39-41-48(54)63-45(43-62-52-51(57)50(56)49(55)46(64-52)44-65(58,59)60)42-61-47(53)40-38-36-34-32-30-28-26-24-22-20-18-16-14-12-10-8-6-4-2/h17,19,45-46,49-52,55-57H,3-16,18,20-44H2,1-2H3,(H,58,59,60)/b19-17+/t45-,46-,49-,50?,51?,52+/m1/s1. The molecule has 13 heteroatoms. The lowest BCUT2D eigenvalue weighted by Crippen LogP contribution is -2.60. The van der Waals surface area contributed by atoms with E-state index in [2.05, 4.69) is 26.0 Å². The lowest BCUT2D eigenvalue weighted by molar-refractivity contribution is -0.297. The molecule has 0 aliphatic carbocycles. The van der Waals surface area contributed by atoms with Crippen molar-refractivity contribution in [1.29, 1.82) is 0 Å². The molecule has 2 unspecified atom stereocenters. The van der Waals surface area contributed by atoms with Crippen LogP contribution in [0.25, 0.3) is 0 Å². The molecule has 65 heavy (non-hydrogen) atoms. The maximum Gasteiger partial charge on any atom is 0.306 e.